The predicted octanol–water partition coefficient (Wildman–Crippen LogP) is 1.43. The summed E-state index contributed by atoms with van der Waals surface area (Å²) in [5.41, 5.74) is 3.68. The smallest absolute Gasteiger partial charge is 0.272 e. The predicted molar refractivity (Wildman–Crippen MR) is 86.4 cm³/mol. The Hall–Kier alpha value is -2.41. The monoisotopic (exact) mass is 312 g/mol. The van der Waals surface area contributed by atoms with Crippen molar-refractivity contribution in [2.75, 3.05) is 13.1 Å². The maximum absolute atomic E-state index is 12.0. The van der Waals surface area contributed by atoms with Gasteiger partial charge in [0.05, 0.1) is 11.4 Å². The molecule has 23 heavy (non-hydrogen) atoms. The third-order valence-electron chi connectivity index (χ3n) is 4.47. The van der Waals surface area contributed by atoms with Crippen molar-refractivity contribution in [1.82, 2.24) is 29.7 Å². The molecular weight excluding hydrogens is 292 g/mol. The topological polar surface area (TPSA) is 82.1 Å². The molecule has 0 radical (unpaired) electrons. The van der Waals surface area contributed by atoms with Gasteiger partial charge in [-0.3, -0.25) is 19.9 Å². The van der Waals surface area contributed by atoms with Gasteiger partial charge in [0.15, 0.2) is 5.65 Å². The number of likely N-dealkylation sites (tertiary alicyclic amines) is 1. The summed E-state index contributed by atoms with van der Waals surface area (Å²) in [5, 5.41) is 10.3. The van der Waals surface area contributed by atoms with Crippen LogP contribution in [0.15, 0.2) is 29.2 Å². The first kappa shape index (κ1) is 14.2. The fourth-order valence-electron chi connectivity index (χ4n) is 3.38. The minimum absolute atomic E-state index is 0.0634. The lowest BCUT2D eigenvalue weighted by atomic mass is 9.94. The van der Waals surface area contributed by atoms with Crippen LogP contribution in [0.5, 0.6) is 0 Å². The molecule has 1 saturated heterocycles. The summed E-state index contributed by atoms with van der Waals surface area (Å²) >= 11 is 0. The lowest BCUT2D eigenvalue weighted by molar-refractivity contribution is 0.196. The van der Waals surface area contributed by atoms with Crippen molar-refractivity contribution in [2.45, 2.75) is 32.2 Å². The molecular formula is C16H20N6O. The second-order valence-electron chi connectivity index (χ2n) is 6.29. The molecule has 4 rings (SSSR count). The number of aromatic nitrogens is 5. The molecule has 0 aliphatic carbocycles. The van der Waals surface area contributed by atoms with Crippen molar-refractivity contribution in [3.63, 3.8) is 0 Å². The van der Waals surface area contributed by atoms with E-state index in [2.05, 4.69) is 31.2 Å². The van der Waals surface area contributed by atoms with E-state index < -0.39 is 0 Å². The Labute approximate surface area is 133 Å². The van der Waals surface area contributed by atoms with Crippen LogP contribution in [0, 0.1) is 6.92 Å². The normalized spacial score (nSPS) is 19.4. The summed E-state index contributed by atoms with van der Waals surface area (Å²) in [4.78, 5) is 19.0. The first-order valence-corrected chi connectivity index (χ1v) is 7.99. The Kier molecular flexibility index (Phi) is 3.49. The highest BCUT2D eigenvalue weighted by atomic mass is 16.1. The van der Waals surface area contributed by atoms with Gasteiger partial charge in [0.1, 0.15) is 0 Å². The molecule has 0 aromatic carbocycles. The molecule has 0 bridgehead atoms. The Morgan fingerprint density at radius 3 is 3.13 bits per heavy atom. The average molecular weight is 312 g/mol. The number of nitrogens with one attached hydrogen (secondary N) is 2. The molecule has 4 heterocycles. The molecule has 7 heteroatoms. The van der Waals surface area contributed by atoms with Crippen LogP contribution < -0.4 is 5.56 Å². The van der Waals surface area contributed by atoms with E-state index in [0.29, 0.717) is 18.1 Å². The molecule has 0 saturated carbocycles. The van der Waals surface area contributed by atoms with Gasteiger partial charge in [-0.15, -0.1) is 0 Å². The highest BCUT2D eigenvalue weighted by molar-refractivity contribution is 5.36. The summed E-state index contributed by atoms with van der Waals surface area (Å²) in [6, 6.07) is 5.56. The lowest BCUT2D eigenvalue weighted by Crippen LogP contribution is -2.34. The van der Waals surface area contributed by atoms with E-state index in [0.717, 1.165) is 43.0 Å². The molecule has 2 N–H and O–H groups in total. The second kappa shape index (κ2) is 5.66. The number of rotatable bonds is 3. The third-order valence-corrected chi connectivity index (χ3v) is 4.47. The fraction of sp³-hybridized carbons (Fsp3) is 0.438. The van der Waals surface area contributed by atoms with E-state index >= 15 is 0 Å². The zero-order valence-electron chi connectivity index (χ0n) is 13.1. The van der Waals surface area contributed by atoms with Gasteiger partial charge in [-0.1, -0.05) is 0 Å². The molecule has 0 amide bonds. The Morgan fingerprint density at radius 1 is 1.39 bits per heavy atom. The summed E-state index contributed by atoms with van der Waals surface area (Å²) in [7, 11) is 0. The van der Waals surface area contributed by atoms with Crippen LogP contribution in [0.25, 0.3) is 5.65 Å². The van der Waals surface area contributed by atoms with Gasteiger partial charge in [-0.25, -0.2) is 9.50 Å². The average Bonchev–Trinajstić information content (AvgIpc) is 3.16. The third kappa shape index (κ3) is 2.79. The number of fused-ring (bicyclic) bond motifs is 1. The quantitative estimate of drug-likeness (QED) is 0.766. The zero-order valence-corrected chi connectivity index (χ0v) is 13.1. The molecule has 7 nitrogen and oxygen atoms in total. The molecule has 120 valence electrons. The largest absolute Gasteiger partial charge is 0.297 e. The number of aromatic amines is 2. The van der Waals surface area contributed by atoms with E-state index in [1.54, 1.807) is 12.3 Å². The molecule has 1 aliphatic rings. The van der Waals surface area contributed by atoms with Crippen molar-refractivity contribution in [1.29, 1.82) is 0 Å². The van der Waals surface area contributed by atoms with Crippen molar-refractivity contribution in [3.05, 3.63) is 51.8 Å². The summed E-state index contributed by atoms with van der Waals surface area (Å²) < 4.78 is 1.45. The Morgan fingerprint density at radius 2 is 2.30 bits per heavy atom. The van der Waals surface area contributed by atoms with Crippen molar-refractivity contribution < 1.29 is 0 Å². The van der Waals surface area contributed by atoms with Crippen LogP contribution >= 0.6 is 0 Å². The molecule has 0 unspecified atom stereocenters. The Balaban J connectivity index is 1.52. The van der Waals surface area contributed by atoms with Crippen LogP contribution in [0.1, 0.15) is 35.8 Å². The minimum atomic E-state index is -0.0634. The standard InChI is InChI=1S/C16H20N6O/c1-11-7-14(20-19-11)12-3-2-6-21(9-12)10-13-8-16(23)22-15(18-13)4-5-17-22/h4-5,7-8,12,17H,2-3,6,9-10H2,1H3,(H,19,20)/t12-/m1/s1. The van der Waals surface area contributed by atoms with Crippen molar-refractivity contribution in [3.8, 4) is 0 Å². The number of H-pyrrole nitrogens is 2. The van der Waals surface area contributed by atoms with Gasteiger partial charge >= 0.3 is 0 Å². The first-order chi connectivity index (χ1) is 11.2. The van der Waals surface area contributed by atoms with Gasteiger partial charge in [0.2, 0.25) is 0 Å². The molecule has 1 atom stereocenters. The van der Waals surface area contributed by atoms with E-state index in [1.165, 1.54) is 4.52 Å². The van der Waals surface area contributed by atoms with Crippen molar-refractivity contribution in [2.24, 2.45) is 0 Å². The van der Waals surface area contributed by atoms with Crippen LogP contribution in [-0.4, -0.2) is 42.8 Å². The van der Waals surface area contributed by atoms with Crippen LogP contribution in [0.3, 0.4) is 0 Å². The van der Waals surface area contributed by atoms with Crippen LogP contribution in [-0.2, 0) is 6.54 Å². The molecule has 1 aliphatic heterocycles. The summed E-state index contributed by atoms with van der Waals surface area (Å²) in [6.07, 6.45) is 4.03. The molecule has 3 aromatic rings. The van der Waals surface area contributed by atoms with Gasteiger partial charge < -0.3 is 0 Å². The SMILES string of the molecule is Cc1cc([C@@H]2CCCN(Cc3cc(=O)n4[nH]ccc4n3)C2)n[nH]1. The van der Waals surface area contributed by atoms with Gasteiger partial charge in [0.25, 0.3) is 5.56 Å². The number of nitrogens with zero attached hydrogens (tertiary/aromatic N) is 4. The Bertz CT molecular complexity index is 876. The summed E-state index contributed by atoms with van der Waals surface area (Å²) in [6.45, 7) is 4.73. The zero-order chi connectivity index (χ0) is 15.8. The van der Waals surface area contributed by atoms with E-state index in [-0.39, 0.29) is 5.56 Å². The highest BCUT2D eigenvalue weighted by Gasteiger charge is 2.23. The second-order valence-corrected chi connectivity index (χ2v) is 6.29. The van der Waals surface area contributed by atoms with Gasteiger partial charge in [-0.2, -0.15) is 5.10 Å². The van der Waals surface area contributed by atoms with Crippen LogP contribution in [0.2, 0.25) is 0 Å². The highest BCUT2D eigenvalue weighted by Crippen LogP contribution is 2.26. The molecule has 3 aromatic heterocycles. The first-order valence-electron chi connectivity index (χ1n) is 7.99. The number of hydrogen-bond donors (Lipinski definition) is 2. The number of piperidine rings is 1. The fourth-order valence-corrected chi connectivity index (χ4v) is 3.38. The number of hydrogen-bond acceptors (Lipinski definition) is 4. The molecule has 0 spiro atoms. The lowest BCUT2D eigenvalue weighted by Gasteiger charge is -2.31. The van der Waals surface area contributed by atoms with E-state index in [1.807, 2.05) is 13.0 Å². The van der Waals surface area contributed by atoms with Gasteiger partial charge in [-0.05, 0) is 32.4 Å². The van der Waals surface area contributed by atoms with Crippen molar-refractivity contribution >= 4 is 5.65 Å². The maximum atomic E-state index is 12.0. The van der Waals surface area contributed by atoms with Gasteiger partial charge in [0, 0.05) is 43.0 Å². The maximum Gasteiger partial charge on any atom is 0.272 e. The number of aryl methyl sites for hydroxylation is 1. The van der Waals surface area contributed by atoms with Crippen LogP contribution in [0.4, 0.5) is 0 Å². The van der Waals surface area contributed by atoms with E-state index in [4.69, 9.17) is 0 Å². The summed E-state index contributed by atoms with van der Waals surface area (Å²) in [5.74, 6) is 0.450. The minimum Gasteiger partial charge on any atom is -0.297 e. The van der Waals surface area contributed by atoms with E-state index in [9.17, 15) is 4.79 Å². The molecule has 1 fully saturated rings.